The van der Waals surface area contributed by atoms with Crippen LogP contribution in [0.3, 0.4) is 0 Å². The number of hydrogen-bond acceptors (Lipinski definition) is 4. The van der Waals surface area contributed by atoms with Crippen LogP contribution >= 0.6 is 47.8 Å². The van der Waals surface area contributed by atoms with Gasteiger partial charge < -0.3 is 5.11 Å². The predicted molar refractivity (Wildman–Crippen MR) is 104 cm³/mol. The van der Waals surface area contributed by atoms with Crippen LogP contribution in [0.5, 0.6) is 0 Å². The summed E-state index contributed by atoms with van der Waals surface area (Å²) in [6.07, 6.45) is -2.93. The molecule has 0 radical (unpaired) electrons. The highest BCUT2D eigenvalue weighted by Crippen LogP contribution is 2.46. The first-order valence-corrected chi connectivity index (χ1v) is 9.10. The molecule has 1 aromatic rings. The molecule has 2 aliphatic rings. The molecule has 1 atom stereocenters. The molecule has 1 aromatic carbocycles. The fraction of sp³-hybridized carbons (Fsp3) is 0.176. The summed E-state index contributed by atoms with van der Waals surface area (Å²) >= 11 is 17.8. The molecule has 0 fully saturated rings. The third-order valence-electron chi connectivity index (χ3n) is 3.93. The highest BCUT2D eigenvalue weighted by Gasteiger charge is 2.42. The Bertz CT molecular complexity index is 895. The van der Waals surface area contributed by atoms with Crippen molar-refractivity contribution >= 4 is 62.4 Å². The van der Waals surface area contributed by atoms with Gasteiger partial charge in [-0.3, -0.25) is 0 Å². The first-order chi connectivity index (χ1) is 11.5. The van der Waals surface area contributed by atoms with Gasteiger partial charge in [-0.05, 0) is 24.5 Å². The van der Waals surface area contributed by atoms with E-state index in [1.54, 1.807) is 17.6 Å². The molecule has 0 saturated heterocycles. The minimum atomic E-state index is -4.47. The number of thioether (sulfide) groups is 1. The van der Waals surface area contributed by atoms with Crippen LogP contribution in [0.4, 0.5) is 13.2 Å². The van der Waals surface area contributed by atoms with Crippen LogP contribution < -0.4 is 0 Å². The summed E-state index contributed by atoms with van der Waals surface area (Å²) in [4.78, 5) is 0.665. The van der Waals surface area contributed by atoms with Crippen LogP contribution in [0.1, 0.15) is 18.1 Å². The van der Waals surface area contributed by atoms with Crippen molar-refractivity contribution in [1.29, 1.82) is 0 Å². The van der Waals surface area contributed by atoms with Crippen molar-refractivity contribution in [2.75, 3.05) is 0 Å². The lowest BCUT2D eigenvalue weighted by Crippen LogP contribution is -2.46. The largest absolute Gasteiger partial charge is 0.417 e. The monoisotopic (exact) mass is 418 g/mol. The second-order valence-electron chi connectivity index (χ2n) is 5.66. The molecule has 0 aromatic heterocycles. The molecule has 3 rings (SSSR count). The second kappa shape index (κ2) is 6.32. The van der Waals surface area contributed by atoms with Crippen LogP contribution in [-0.2, 0) is 6.18 Å². The SMILES string of the molecule is CC1(O)C(=S)C2=CSC(c3ccccc3C(F)(F)F)=CC2=C(Cl)C1=S. The van der Waals surface area contributed by atoms with Crippen LogP contribution in [0.15, 0.2) is 51.9 Å². The maximum atomic E-state index is 13.3. The van der Waals surface area contributed by atoms with Crippen LogP contribution in [-0.4, -0.2) is 20.4 Å². The molecule has 25 heavy (non-hydrogen) atoms. The number of thiocarbonyl (C=S) groups is 2. The van der Waals surface area contributed by atoms with Crippen molar-refractivity contribution in [3.63, 3.8) is 0 Å². The lowest BCUT2D eigenvalue weighted by molar-refractivity contribution is -0.137. The van der Waals surface area contributed by atoms with Gasteiger partial charge in [0.25, 0.3) is 0 Å². The maximum Gasteiger partial charge on any atom is 0.417 e. The Morgan fingerprint density at radius 2 is 1.80 bits per heavy atom. The van der Waals surface area contributed by atoms with E-state index in [-0.39, 0.29) is 20.3 Å². The topological polar surface area (TPSA) is 20.2 Å². The molecule has 0 spiro atoms. The Balaban J connectivity index is 2.16. The van der Waals surface area contributed by atoms with Crippen molar-refractivity contribution in [2.45, 2.75) is 18.7 Å². The summed E-state index contributed by atoms with van der Waals surface area (Å²) < 4.78 is 39.8. The van der Waals surface area contributed by atoms with E-state index in [0.717, 1.165) is 17.8 Å². The van der Waals surface area contributed by atoms with Gasteiger partial charge in [0.2, 0.25) is 0 Å². The molecule has 8 heteroatoms. The van der Waals surface area contributed by atoms with E-state index in [2.05, 4.69) is 0 Å². The number of hydrogen-bond donors (Lipinski definition) is 1. The fourth-order valence-electron chi connectivity index (χ4n) is 2.57. The summed E-state index contributed by atoms with van der Waals surface area (Å²) in [5.74, 6) is 0. The van der Waals surface area contributed by atoms with E-state index in [1.165, 1.54) is 19.1 Å². The fourth-order valence-corrected chi connectivity index (χ4v) is 4.52. The van der Waals surface area contributed by atoms with Gasteiger partial charge in [-0.1, -0.05) is 66.0 Å². The standard InChI is InChI=1S/C17H10ClF3OS3/c1-16(22)14(23)10-7-25-12(6-9(10)13(18)15(16)24)8-4-2-3-5-11(8)17(19,20)21/h2-7,22H,1H3. The molecule has 1 nitrogen and oxygen atoms in total. The first-order valence-electron chi connectivity index (χ1n) is 7.02. The molecule has 1 aliphatic carbocycles. The molecule has 0 saturated carbocycles. The van der Waals surface area contributed by atoms with E-state index in [9.17, 15) is 18.3 Å². The average Bonchev–Trinajstić information content (AvgIpc) is 2.57. The summed E-state index contributed by atoms with van der Waals surface area (Å²) in [5, 5.41) is 12.2. The highest BCUT2D eigenvalue weighted by atomic mass is 35.5. The molecule has 1 N–H and O–H groups in total. The quantitative estimate of drug-likeness (QED) is 0.592. The number of rotatable bonds is 1. The Labute approximate surface area is 162 Å². The van der Waals surface area contributed by atoms with Gasteiger partial charge in [-0.2, -0.15) is 13.2 Å². The Morgan fingerprint density at radius 3 is 2.44 bits per heavy atom. The molecule has 1 aliphatic heterocycles. The van der Waals surface area contributed by atoms with Crippen molar-refractivity contribution < 1.29 is 18.3 Å². The summed E-state index contributed by atoms with van der Waals surface area (Å²) in [6.45, 7) is 1.46. The van der Waals surface area contributed by atoms with Gasteiger partial charge in [0, 0.05) is 21.6 Å². The van der Waals surface area contributed by atoms with Crippen molar-refractivity contribution in [1.82, 2.24) is 0 Å². The third kappa shape index (κ3) is 3.13. The summed E-state index contributed by atoms with van der Waals surface area (Å²) in [5.41, 5.74) is -1.25. The lowest BCUT2D eigenvalue weighted by Gasteiger charge is -2.34. The molecule has 0 bridgehead atoms. The van der Waals surface area contributed by atoms with Gasteiger partial charge in [0.05, 0.1) is 20.3 Å². The van der Waals surface area contributed by atoms with E-state index in [1.807, 2.05) is 0 Å². The van der Waals surface area contributed by atoms with Crippen molar-refractivity contribution in [2.24, 2.45) is 0 Å². The highest BCUT2D eigenvalue weighted by molar-refractivity contribution is 8.11. The number of fused-ring (bicyclic) bond motifs is 1. The second-order valence-corrected chi connectivity index (χ2v) is 7.77. The smallest absolute Gasteiger partial charge is 0.379 e. The minimum absolute atomic E-state index is 0.0569. The molecular formula is C17H10ClF3OS3. The number of benzene rings is 1. The van der Waals surface area contributed by atoms with Gasteiger partial charge in [0.15, 0.2) is 0 Å². The van der Waals surface area contributed by atoms with E-state index < -0.39 is 17.3 Å². The Hall–Kier alpha value is -0.990. The van der Waals surface area contributed by atoms with Crippen LogP contribution in [0.25, 0.3) is 4.91 Å². The van der Waals surface area contributed by atoms with E-state index in [0.29, 0.717) is 16.1 Å². The van der Waals surface area contributed by atoms with E-state index >= 15 is 0 Å². The molecule has 1 unspecified atom stereocenters. The van der Waals surface area contributed by atoms with Gasteiger partial charge in [-0.15, -0.1) is 0 Å². The maximum absolute atomic E-state index is 13.3. The lowest BCUT2D eigenvalue weighted by atomic mass is 9.82. The summed E-state index contributed by atoms with van der Waals surface area (Å²) in [7, 11) is 0. The number of allylic oxidation sites excluding steroid dienone is 2. The summed E-state index contributed by atoms with van der Waals surface area (Å²) in [6, 6.07) is 5.33. The first kappa shape index (κ1) is 18.8. The third-order valence-corrected chi connectivity index (χ3v) is 6.60. The zero-order valence-corrected chi connectivity index (χ0v) is 15.9. The normalized spacial score (nSPS) is 24.1. The van der Waals surface area contributed by atoms with Crippen molar-refractivity contribution in [3.05, 3.63) is 63.1 Å². The van der Waals surface area contributed by atoms with Gasteiger partial charge in [-0.25, -0.2) is 0 Å². The van der Waals surface area contributed by atoms with Crippen molar-refractivity contribution in [3.8, 4) is 0 Å². The Morgan fingerprint density at radius 1 is 1.16 bits per heavy atom. The zero-order chi connectivity index (χ0) is 18.6. The van der Waals surface area contributed by atoms with Gasteiger partial charge in [0.1, 0.15) is 5.60 Å². The van der Waals surface area contributed by atoms with Gasteiger partial charge >= 0.3 is 6.18 Å². The van der Waals surface area contributed by atoms with E-state index in [4.69, 9.17) is 36.0 Å². The molecule has 130 valence electrons. The predicted octanol–water partition coefficient (Wildman–Crippen LogP) is 5.67. The van der Waals surface area contributed by atoms with Crippen LogP contribution in [0.2, 0.25) is 0 Å². The zero-order valence-electron chi connectivity index (χ0n) is 12.6. The minimum Gasteiger partial charge on any atom is -0.379 e. The number of halogens is 4. The average molecular weight is 419 g/mol. The molecular weight excluding hydrogens is 409 g/mol. The molecule has 0 amide bonds. The van der Waals surface area contributed by atoms with Crippen LogP contribution in [0, 0.1) is 0 Å². The number of alkyl halides is 3. The number of aliphatic hydroxyl groups is 1. The molecule has 1 heterocycles. The Kier molecular flexibility index (Phi) is 4.75.